The molecule has 0 saturated heterocycles. The van der Waals surface area contributed by atoms with Crippen molar-refractivity contribution in [3.05, 3.63) is 29.3 Å². The van der Waals surface area contributed by atoms with Crippen LogP contribution in [0.1, 0.15) is 43.4 Å². The lowest BCUT2D eigenvalue weighted by Gasteiger charge is -2.38. The summed E-state index contributed by atoms with van der Waals surface area (Å²) in [5, 5.41) is 10.7. The minimum absolute atomic E-state index is 0.290. The Morgan fingerprint density at radius 1 is 1.32 bits per heavy atom. The van der Waals surface area contributed by atoms with Gasteiger partial charge < -0.3 is 9.84 Å². The number of methoxy groups -OCH3 is 1. The fourth-order valence-corrected chi connectivity index (χ4v) is 3.40. The van der Waals surface area contributed by atoms with Crippen molar-refractivity contribution in [2.24, 2.45) is 0 Å². The number of rotatable bonds is 4. The zero-order chi connectivity index (χ0) is 13.4. The minimum atomic E-state index is -0.352. The SMILES string of the molecule is CCN(C1CC1)C1CCc2cc(OC)ccc2C1O. The van der Waals surface area contributed by atoms with Crippen LogP contribution in [-0.4, -0.2) is 35.7 Å². The van der Waals surface area contributed by atoms with Gasteiger partial charge in [-0.1, -0.05) is 13.0 Å². The maximum Gasteiger partial charge on any atom is 0.119 e. The monoisotopic (exact) mass is 261 g/mol. The van der Waals surface area contributed by atoms with Crippen LogP contribution in [-0.2, 0) is 6.42 Å². The van der Waals surface area contributed by atoms with Gasteiger partial charge in [-0.15, -0.1) is 0 Å². The topological polar surface area (TPSA) is 32.7 Å². The van der Waals surface area contributed by atoms with Gasteiger partial charge in [-0.2, -0.15) is 0 Å². The molecule has 0 aliphatic heterocycles. The fraction of sp³-hybridized carbons (Fsp3) is 0.625. The molecule has 0 spiro atoms. The number of likely N-dealkylation sites (N-methyl/N-ethyl adjacent to an activating group) is 1. The summed E-state index contributed by atoms with van der Waals surface area (Å²) in [6.45, 7) is 3.24. The molecule has 2 aliphatic rings. The summed E-state index contributed by atoms with van der Waals surface area (Å²) in [5.74, 6) is 0.888. The van der Waals surface area contributed by atoms with Gasteiger partial charge in [0.15, 0.2) is 0 Å². The Kier molecular flexibility index (Phi) is 3.50. The summed E-state index contributed by atoms with van der Waals surface area (Å²) >= 11 is 0. The van der Waals surface area contributed by atoms with Crippen molar-refractivity contribution in [2.45, 2.75) is 50.8 Å². The highest BCUT2D eigenvalue weighted by atomic mass is 16.5. The molecule has 1 aromatic rings. The smallest absolute Gasteiger partial charge is 0.119 e. The van der Waals surface area contributed by atoms with Gasteiger partial charge in [0.25, 0.3) is 0 Å². The lowest BCUT2D eigenvalue weighted by Crippen LogP contribution is -2.43. The molecule has 3 nitrogen and oxygen atoms in total. The Balaban J connectivity index is 1.84. The maximum atomic E-state index is 10.7. The number of benzene rings is 1. The summed E-state index contributed by atoms with van der Waals surface area (Å²) in [7, 11) is 1.69. The van der Waals surface area contributed by atoms with Gasteiger partial charge in [-0.05, 0) is 55.5 Å². The molecule has 0 bridgehead atoms. The van der Waals surface area contributed by atoms with Crippen LogP contribution >= 0.6 is 0 Å². The number of hydrogen-bond donors (Lipinski definition) is 1. The number of aryl methyl sites for hydroxylation is 1. The largest absolute Gasteiger partial charge is 0.497 e. The highest BCUT2D eigenvalue weighted by Crippen LogP contribution is 2.39. The minimum Gasteiger partial charge on any atom is -0.497 e. The molecule has 0 radical (unpaired) electrons. The Hall–Kier alpha value is -1.06. The quantitative estimate of drug-likeness (QED) is 0.904. The fourth-order valence-electron chi connectivity index (χ4n) is 3.40. The molecule has 0 amide bonds. The van der Waals surface area contributed by atoms with Crippen LogP contribution in [0.2, 0.25) is 0 Å². The third-order valence-electron chi connectivity index (χ3n) is 4.55. The molecular formula is C16H23NO2. The van der Waals surface area contributed by atoms with Crippen molar-refractivity contribution in [1.29, 1.82) is 0 Å². The number of aliphatic hydroxyl groups excluding tert-OH is 1. The molecule has 3 heteroatoms. The summed E-state index contributed by atoms with van der Waals surface area (Å²) in [6, 6.07) is 7.06. The van der Waals surface area contributed by atoms with Gasteiger partial charge in [-0.3, -0.25) is 4.90 Å². The van der Waals surface area contributed by atoms with Crippen LogP contribution in [0, 0.1) is 0 Å². The Morgan fingerprint density at radius 2 is 2.11 bits per heavy atom. The predicted molar refractivity (Wildman–Crippen MR) is 75.5 cm³/mol. The molecule has 104 valence electrons. The van der Waals surface area contributed by atoms with Gasteiger partial charge in [-0.25, -0.2) is 0 Å². The number of fused-ring (bicyclic) bond motifs is 1. The number of nitrogens with zero attached hydrogens (tertiary/aromatic N) is 1. The Labute approximate surface area is 115 Å². The van der Waals surface area contributed by atoms with E-state index in [2.05, 4.69) is 17.9 Å². The predicted octanol–water partition coefficient (Wildman–Crippen LogP) is 2.53. The third-order valence-corrected chi connectivity index (χ3v) is 4.55. The van der Waals surface area contributed by atoms with E-state index in [1.54, 1.807) is 7.11 Å². The van der Waals surface area contributed by atoms with E-state index >= 15 is 0 Å². The molecule has 0 heterocycles. The van der Waals surface area contributed by atoms with Crippen molar-refractivity contribution >= 4 is 0 Å². The highest BCUT2D eigenvalue weighted by molar-refractivity contribution is 5.39. The van der Waals surface area contributed by atoms with Crippen molar-refractivity contribution in [2.75, 3.05) is 13.7 Å². The van der Waals surface area contributed by atoms with E-state index in [0.29, 0.717) is 12.1 Å². The first-order chi connectivity index (χ1) is 9.24. The number of aliphatic hydroxyl groups is 1. The van der Waals surface area contributed by atoms with Gasteiger partial charge in [0.05, 0.1) is 13.2 Å². The second-order valence-corrected chi connectivity index (χ2v) is 5.68. The first kappa shape index (κ1) is 12.9. The first-order valence-corrected chi connectivity index (χ1v) is 7.35. The van der Waals surface area contributed by atoms with Gasteiger partial charge >= 0.3 is 0 Å². The van der Waals surface area contributed by atoms with Gasteiger partial charge in [0.1, 0.15) is 5.75 Å². The average Bonchev–Trinajstić information content (AvgIpc) is 3.26. The van der Waals surface area contributed by atoms with E-state index in [-0.39, 0.29) is 6.10 Å². The molecule has 3 rings (SSSR count). The van der Waals surface area contributed by atoms with E-state index in [0.717, 1.165) is 30.7 Å². The van der Waals surface area contributed by atoms with E-state index in [4.69, 9.17) is 4.74 Å². The van der Waals surface area contributed by atoms with Crippen molar-refractivity contribution < 1.29 is 9.84 Å². The molecule has 1 saturated carbocycles. The molecular weight excluding hydrogens is 238 g/mol. The highest BCUT2D eigenvalue weighted by Gasteiger charge is 2.38. The zero-order valence-corrected chi connectivity index (χ0v) is 11.8. The second-order valence-electron chi connectivity index (χ2n) is 5.68. The molecule has 2 atom stereocenters. The maximum absolute atomic E-state index is 10.7. The molecule has 2 aliphatic carbocycles. The van der Waals surface area contributed by atoms with Crippen LogP contribution in [0.25, 0.3) is 0 Å². The van der Waals surface area contributed by atoms with Crippen LogP contribution in [0.15, 0.2) is 18.2 Å². The molecule has 1 aromatic carbocycles. The van der Waals surface area contributed by atoms with Crippen LogP contribution in [0.3, 0.4) is 0 Å². The normalized spacial score (nSPS) is 26.3. The van der Waals surface area contributed by atoms with Crippen LogP contribution in [0.5, 0.6) is 5.75 Å². The van der Waals surface area contributed by atoms with E-state index in [1.165, 1.54) is 18.4 Å². The Bertz CT molecular complexity index is 456. The number of ether oxygens (including phenoxy) is 1. The summed E-state index contributed by atoms with van der Waals surface area (Å²) in [5.41, 5.74) is 2.34. The van der Waals surface area contributed by atoms with Crippen LogP contribution < -0.4 is 4.74 Å². The van der Waals surface area contributed by atoms with Gasteiger partial charge in [0.2, 0.25) is 0 Å². The lowest BCUT2D eigenvalue weighted by atomic mass is 9.84. The van der Waals surface area contributed by atoms with Gasteiger partial charge in [0, 0.05) is 12.1 Å². The molecule has 2 unspecified atom stereocenters. The van der Waals surface area contributed by atoms with E-state index < -0.39 is 0 Å². The van der Waals surface area contributed by atoms with Crippen molar-refractivity contribution in [1.82, 2.24) is 4.90 Å². The van der Waals surface area contributed by atoms with E-state index in [9.17, 15) is 5.11 Å². The average molecular weight is 261 g/mol. The molecule has 1 fully saturated rings. The third kappa shape index (κ3) is 2.37. The zero-order valence-electron chi connectivity index (χ0n) is 11.8. The molecule has 19 heavy (non-hydrogen) atoms. The summed E-state index contributed by atoms with van der Waals surface area (Å²) in [4.78, 5) is 2.50. The lowest BCUT2D eigenvalue weighted by molar-refractivity contribution is 0.0340. The van der Waals surface area contributed by atoms with Crippen LogP contribution in [0.4, 0.5) is 0 Å². The Morgan fingerprint density at radius 3 is 2.74 bits per heavy atom. The van der Waals surface area contributed by atoms with Crippen molar-refractivity contribution in [3.8, 4) is 5.75 Å². The standard InChI is InChI=1S/C16H23NO2/c1-3-17(12-5-6-12)15-9-4-11-10-13(19-2)7-8-14(11)16(15)18/h7-8,10,12,15-16,18H,3-6,9H2,1-2H3. The van der Waals surface area contributed by atoms with Crippen molar-refractivity contribution in [3.63, 3.8) is 0 Å². The summed E-state index contributed by atoms with van der Waals surface area (Å²) < 4.78 is 5.27. The molecule has 0 aromatic heterocycles. The summed E-state index contributed by atoms with van der Waals surface area (Å²) in [6.07, 6.45) is 4.33. The first-order valence-electron chi connectivity index (χ1n) is 7.35. The number of hydrogen-bond acceptors (Lipinski definition) is 3. The van der Waals surface area contributed by atoms with E-state index in [1.807, 2.05) is 12.1 Å². The second kappa shape index (κ2) is 5.14. The molecule has 1 N–H and O–H groups in total.